The largest absolute Gasteiger partial charge is 0.493 e. The number of nitrogens with one attached hydrogen (secondary N) is 1. The van der Waals surface area contributed by atoms with Crippen LogP contribution in [-0.2, 0) is 6.42 Å². The van der Waals surface area contributed by atoms with Crippen LogP contribution >= 0.6 is 0 Å². The van der Waals surface area contributed by atoms with E-state index in [4.69, 9.17) is 4.74 Å². The standard InChI is InChI=1S/C19H29NO/c1-2-11-20-18(13-15-6-4-3-5-7-15)16-8-9-19-17(14-16)10-12-21-19/h8-9,14-15,18,20H,2-7,10-13H2,1H3. The predicted molar refractivity (Wildman–Crippen MR) is 87.9 cm³/mol. The Morgan fingerprint density at radius 1 is 1.24 bits per heavy atom. The van der Waals surface area contributed by atoms with Crippen LogP contribution in [0, 0.1) is 5.92 Å². The lowest BCUT2D eigenvalue weighted by atomic mass is 9.83. The van der Waals surface area contributed by atoms with Crippen LogP contribution in [0.3, 0.4) is 0 Å². The molecule has 0 saturated heterocycles. The van der Waals surface area contributed by atoms with Crippen molar-refractivity contribution in [2.24, 2.45) is 5.92 Å². The van der Waals surface area contributed by atoms with Gasteiger partial charge in [-0.05, 0) is 42.5 Å². The Bertz CT molecular complexity index is 451. The van der Waals surface area contributed by atoms with E-state index in [0.717, 1.165) is 31.2 Å². The molecule has 0 radical (unpaired) electrons. The lowest BCUT2D eigenvalue weighted by molar-refractivity contribution is 0.300. The van der Waals surface area contributed by atoms with Crippen molar-refractivity contribution in [3.8, 4) is 5.75 Å². The molecule has 21 heavy (non-hydrogen) atoms. The first kappa shape index (κ1) is 14.9. The van der Waals surface area contributed by atoms with Gasteiger partial charge in [0.15, 0.2) is 0 Å². The third kappa shape index (κ3) is 3.79. The summed E-state index contributed by atoms with van der Waals surface area (Å²) in [7, 11) is 0. The summed E-state index contributed by atoms with van der Waals surface area (Å²) in [5, 5.41) is 3.78. The molecule has 3 rings (SSSR count). The number of hydrogen-bond donors (Lipinski definition) is 1. The van der Waals surface area contributed by atoms with Crippen molar-refractivity contribution < 1.29 is 4.74 Å². The number of ether oxygens (including phenoxy) is 1. The second-order valence-corrected chi connectivity index (χ2v) is 6.71. The lowest BCUT2D eigenvalue weighted by Crippen LogP contribution is -2.25. The zero-order valence-electron chi connectivity index (χ0n) is 13.4. The first-order valence-corrected chi connectivity index (χ1v) is 8.86. The summed E-state index contributed by atoms with van der Waals surface area (Å²) in [6.07, 6.45) is 10.8. The summed E-state index contributed by atoms with van der Waals surface area (Å²) in [5.74, 6) is 2.02. The molecule has 1 atom stereocenters. The SMILES string of the molecule is CCCNC(CC1CCCCC1)c1ccc2c(c1)CCO2. The molecular formula is C19H29NO. The fraction of sp³-hybridized carbons (Fsp3) is 0.684. The molecule has 1 aromatic carbocycles. The van der Waals surface area contributed by atoms with E-state index in [1.165, 1.54) is 56.1 Å². The Morgan fingerprint density at radius 3 is 2.90 bits per heavy atom. The van der Waals surface area contributed by atoms with Gasteiger partial charge in [-0.15, -0.1) is 0 Å². The molecule has 0 bridgehead atoms. The molecular weight excluding hydrogens is 258 g/mol. The molecule has 2 heteroatoms. The van der Waals surface area contributed by atoms with Gasteiger partial charge in [0.05, 0.1) is 6.61 Å². The number of hydrogen-bond acceptors (Lipinski definition) is 2. The normalized spacial score (nSPS) is 20.0. The molecule has 1 fully saturated rings. The first-order chi connectivity index (χ1) is 10.4. The molecule has 1 unspecified atom stereocenters. The Balaban J connectivity index is 1.71. The van der Waals surface area contributed by atoms with Crippen molar-refractivity contribution in [2.75, 3.05) is 13.2 Å². The van der Waals surface area contributed by atoms with Crippen LogP contribution < -0.4 is 10.1 Å². The van der Waals surface area contributed by atoms with Gasteiger partial charge in [0.1, 0.15) is 5.75 Å². The minimum absolute atomic E-state index is 0.527. The second-order valence-electron chi connectivity index (χ2n) is 6.71. The highest BCUT2D eigenvalue weighted by Crippen LogP contribution is 2.34. The fourth-order valence-electron chi connectivity index (χ4n) is 3.84. The van der Waals surface area contributed by atoms with Crippen LogP contribution in [0.4, 0.5) is 0 Å². The summed E-state index contributed by atoms with van der Waals surface area (Å²) >= 11 is 0. The number of fused-ring (bicyclic) bond motifs is 1. The van der Waals surface area contributed by atoms with Gasteiger partial charge < -0.3 is 10.1 Å². The summed E-state index contributed by atoms with van der Waals surface area (Å²) in [4.78, 5) is 0. The van der Waals surface area contributed by atoms with Gasteiger partial charge in [-0.3, -0.25) is 0 Å². The van der Waals surface area contributed by atoms with Crippen LogP contribution in [0.2, 0.25) is 0 Å². The van der Waals surface area contributed by atoms with E-state index < -0.39 is 0 Å². The Hall–Kier alpha value is -1.02. The van der Waals surface area contributed by atoms with E-state index in [-0.39, 0.29) is 0 Å². The van der Waals surface area contributed by atoms with Crippen LogP contribution in [-0.4, -0.2) is 13.2 Å². The van der Waals surface area contributed by atoms with E-state index >= 15 is 0 Å². The van der Waals surface area contributed by atoms with Crippen molar-refractivity contribution >= 4 is 0 Å². The van der Waals surface area contributed by atoms with Crippen molar-refractivity contribution in [1.82, 2.24) is 5.32 Å². The average Bonchev–Trinajstić information content (AvgIpc) is 3.00. The monoisotopic (exact) mass is 287 g/mol. The van der Waals surface area contributed by atoms with Gasteiger partial charge in [0.2, 0.25) is 0 Å². The zero-order valence-corrected chi connectivity index (χ0v) is 13.4. The Kier molecular flexibility index (Phi) is 5.18. The van der Waals surface area contributed by atoms with E-state index in [1.54, 1.807) is 0 Å². The summed E-state index contributed by atoms with van der Waals surface area (Å²) in [6.45, 7) is 4.22. The van der Waals surface area contributed by atoms with Gasteiger partial charge in [-0.2, -0.15) is 0 Å². The van der Waals surface area contributed by atoms with Crippen molar-refractivity contribution in [3.05, 3.63) is 29.3 Å². The topological polar surface area (TPSA) is 21.3 Å². The van der Waals surface area contributed by atoms with E-state index in [2.05, 4.69) is 30.4 Å². The molecule has 0 spiro atoms. The predicted octanol–water partition coefficient (Wildman–Crippen LogP) is 4.63. The molecule has 2 aliphatic rings. The fourth-order valence-corrected chi connectivity index (χ4v) is 3.84. The third-order valence-corrected chi connectivity index (χ3v) is 5.05. The van der Waals surface area contributed by atoms with Gasteiger partial charge >= 0.3 is 0 Å². The lowest BCUT2D eigenvalue weighted by Gasteiger charge is -2.28. The zero-order chi connectivity index (χ0) is 14.5. The van der Waals surface area contributed by atoms with Gasteiger partial charge in [0.25, 0.3) is 0 Å². The van der Waals surface area contributed by atoms with Crippen molar-refractivity contribution in [3.63, 3.8) is 0 Å². The van der Waals surface area contributed by atoms with Gasteiger partial charge in [0, 0.05) is 12.5 Å². The van der Waals surface area contributed by atoms with Crippen LogP contribution in [0.15, 0.2) is 18.2 Å². The smallest absolute Gasteiger partial charge is 0.122 e. The first-order valence-electron chi connectivity index (χ1n) is 8.86. The van der Waals surface area contributed by atoms with Crippen LogP contribution in [0.25, 0.3) is 0 Å². The second kappa shape index (κ2) is 7.31. The van der Waals surface area contributed by atoms with E-state index in [9.17, 15) is 0 Å². The summed E-state index contributed by atoms with van der Waals surface area (Å²) < 4.78 is 5.64. The molecule has 1 aliphatic carbocycles. The van der Waals surface area contributed by atoms with Crippen LogP contribution in [0.5, 0.6) is 5.75 Å². The molecule has 1 saturated carbocycles. The minimum Gasteiger partial charge on any atom is -0.493 e. The highest BCUT2D eigenvalue weighted by molar-refractivity contribution is 5.40. The van der Waals surface area contributed by atoms with E-state index in [0.29, 0.717) is 6.04 Å². The quantitative estimate of drug-likeness (QED) is 0.823. The van der Waals surface area contributed by atoms with Crippen molar-refractivity contribution in [1.29, 1.82) is 0 Å². The highest BCUT2D eigenvalue weighted by atomic mass is 16.5. The molecule has 1 aliphatic heterocycles. The summed E-state index contributed by atoms with van der Waals surface area (Å²) in [5.41, 5.74) is 2.87. The Labute approximate surface area is 129 Å². The molecule has 1 heterocycles. The molecule has 1 aromatic rings. The summed E-state index contributed by atoms with van der Waals surface area (Å²) in [6, 6.07) is 7.37. The van der Waals surface area contributed by atoms with Crippen LogP contribution in [0.1, 0.15) is 69.0 Å². The van der Waals surface area contributed by atoms with E-state index in [1.807, 2.05) is 0 Å². The average molecular weight is 287 g/mol. The van der Waals surface area contributed by atoms with Gasteiger partial charge in [-0.25, -0.2) is 0 Å². The molecule has 1 N–H and O–H groups in total. The molecule has 0 aromatic heterocycles. The maximum atomic E-state index is 5.64. The third-order valence-electron chi connectivity index (χ3n) is 5.05. The number of rotatable bonds is 6. The molecule has 0 amide bonds. The molecule has 116 valence electrons. The minimum atomic E-state index is 0.527. The number of benzene rings is 1. The highest BCUT2D eigenvalue weighted by Gasteiger charge is 2.21. The molecule has 2 nitrogen and oxygen atoms in total. The Morgan fingerprint density at radius 2 is 2.10 bits per heavy atom. The van der Waals surface area contributed by atoms with Crippen molar-refractivity contribution in [2.45, 2.75) is 64.3 Å². The van der Waals surface area contributed by atoms with Gasteiger partial charge in [-0.1, -0.05) is 51.2 Å². The maximum absolute atomic E-state index is 5.64. The maximum Gasteiger partial charge on any atom is 0.122 e.